The number of thiophene rings is 1. The van der Waals surface area contributed by atoms with E-state index in [2.05, 4.69) is 25.1 Å². The van der Waals surface area contributed by atoms with Crippen molar-refractivity contribution < 1.29 is 0 Å². The lowest BCUT2D eigenvalue weighted by Gasteiger charge is -2.06. The zero-order valence-electron chi connectivity index (χ0n) is 9.78. The molecule has 0 spiro atoms. The molecule has 0 aliphatic carbocycles. The van der Waals surface area contributed by atoms with E-state index in [0.717, 1.165) is 22.9 Å². The van der Waals surface area contributed by atoms with Gasteiger partial charge in [0.25, 0.3) is 0 Å². The smallest absolute Gasteiger partial charge is 0.0632 e. The molecule has 0 fully saturated rings. The predicted octanol–water partition coefficient (Wildman–Crippen LogP) is 4.53. The van der Waals surface area contributed by atoms with Crippen molar-refractivity contribution in [3.8, 4) is 0 Å². The molecular formula is C13H16ClNS2. The summed E-state index contributed by atoms with van der Waals surface area (Å²) >= 11 is 10.0. The largest absolute Gasteiger partial charge is 0.327 e. The zero-order valence-corrected chi connectivity index (χ0v) is 12.2. The summed E-state index contributed by atoms with van der Waals surface area (Å²) in [5.74, 6) is 1.97. The molecule has 0 aliphatic heterocycles. The van der Waals surface area contributed by atoms with Crippen LogP contribution in [0.4, 0.5) is 0 Å². The summed E-state index contributed by atoms with van der Waals surface area (Å²) in [5, 5.41) is 2.10. The van der Waals surface area contributed by atoms with Gasteiger partial charge in [0.1, 0.15) is 0 Å². The third kappa shape index (κ3) is 3.16. The summed E-state index contributed by atoms with van der Waals surface area (Å²) in [7, 11) is 0. The van der Waals surface area contributed by atoms with Crippen LogP contribution < -0.4 is 5.73 Å². The predicted molar refractivity (Wildman–Crippen MR) is 81.3 cm³/mol. The van der Waals surface area contributed by atoms with Gasteiger partial charge in [0.2, 0.25) is 0 Å². The Morgan fingerprint density at radius 3 is 2.88 bits per heavy atom. The first-order valence-electron chi connectivity index (χ1n) is 5.71. The first-order valence-corrected chi connectivity index (χ1v) is 8.06. The lowest BCUT2D eigenvalue weighted by molar-refractivity contribution is 0.725. The number of fused-ring (bicyclic) bond motifs is 1. The van der Waals surface area contributed by atoms with Crippen molar-refractivity contribution in [3.63, 3.8) is 0 Å². The maximum absolute atomic E-state index is 6.37. The van der Waals surface area contributed by atoms with Crippen molar-refractivity contribution in [2.45, 2.75) is 25.1 Å². The molecule has 0 aliphatic rings. The third-order valence-electron chi connectivity index (χ3n) is 2.69. The number of thioether (sulfide) groups is 1. The van der Waals surface area contributed by atoms with Crippen LogP contribution in [0.25, 0.3) is 10.1 Å². The summed E-state index contributed by atoms with van der Waals surface area (Å²) in [5.41, 5.74) is 5.90. The fourth-order valence-electron chi connectivity index (χ4n) is 1.58. The average Bonchev–Trinajstić information content (AvgIpc) is 2.67. The quantitative estimate of drug-likeness (QED) is 0.874. The molecule has 1 unspecified atom stereocenters. The van der Waals surface area contributed by atoms with E-state index in [1.807, 2.05) is 17.8 Å². The molecule has 2 N–H and O–H groups in total. The monoisotopic (exact) mass is 285 g/mol. The molecule has 0 saturated carbocycles. The highest BCUT2D eigenvalue weighted by Gasteiger charge is 2.10. The Kier molecular flexibility index (Phi) is 4.74. The molecule has 4 heteroatoms. The Hall–Kier alpha value is -0.220. The molecule has 0 saturated heterocycles. The van der Waals surface area contributed by atoms with Gasteiger partial charge in [-0.15, -0.1) is 11.3 Å². The summed E-state index contributed by atoms with van der Waals surface area (Å²) in [4.78, 5) is 1.26. The van der Waals surface area contributed by atoms with E-state index >= 15 is 0 Å². The number of rotatable bonds is 5. The van der Waals surface area contributed by atoms with Gasteiger partial charge in [-0.2, -0.15) is 11.8 Å². The number of nitrogens with two attached hydrogens (primary N) is 1. The first-order chi connectivity index (χ1) is 8.22. The standard InChI is InChI=1S/C13H16ClNS2/c1-2-9(15)7-16-8-12-13(14)10-5-3-4-6-11(10)17-12/h3-6,9H,2,7-8,15H2,1H3. The minimum absolute atomic E-state index is 0.299. The highest BCUT2D eigenvalue weighted by Crippen LogP contribution is 2.37. The average molecular weight is 286 g/mol. The second-order valence-corrected chi connectivity index (χ2v) is 6.56. The summed E-state index contributed by atoms with van der Waals surface area (Å²) in [6.45, 7) is 2.12. The molecule has 1 aromatic carbocycles. The molecule has 1 nitrogen and oxygen atoms in total. The Bertz CT molecular complexity index is 495. The van der Waals surface area contributed by atoms with Gasteiger partial charge in [-0.1, -0.05) is 36.7 Å². The Balaban J connectivity index is 2.06. The highest BCUT2D eigenvalue weighted by molar-refractivity contribution is 7.98. The van der Waals surface area contributed by atoms with Gasteiger partial charge >= 0.3 is 0 Å². The molecular weight excluding hydrogens is 270 g/mol. The number of halogens is 1. The summed E-state index contributed by atoms with van der Waals surface area (Å²) in [6, 6.07) is 8.59. The number of benzene rings is 1. The fourth-order valence-corrected chi connectivity index (χ4v) is 4.42. The molecule has 1 aromatic heterocycles. The van der Waals surface area contributed by atoms with Crippen molar-refractivity contribution in [1.29, 1.82) is 0 Å². The molecule has 92 valence electrons. The van der Waals surface area contributed by atoms with Crippen LogP contribution in [0.5, 0.6) is 0 Å². The van der Waals surface area contributed by atoms with Crippen molar-refractivity contribution in [1.82, 2.24) is 0 Å². The van der Waals surface area contributed by atoms with Crippen LogP contribution >= 0.6 is 34.7 Å². The zero-order chi connectivity index (χ0) is 12.3. The summed E-state index contributed by atoms with van der Waals surface area (Å²) in [6.07, 6.45) is 1.03. The van der Waals surface area contributed by atoms with E-state index in [1.165, 1.54) is 15.0 Å². The van der Waals surface area contributed by atoms with Crippen LogP contribution in [0.3, 0.4) is 0 Å². The van der Waals surface area contributed by atoms with Crippen molar-refractivity contribution >= 4 is 44.8 Å². The van der Waals surface area contributed by atoms with Crippen LogP contribution in [0.2, 0.25) is 5.02 Å². The van der Waals surface area contributed by atoms with Crippen LogP contribution in [0, 0.1) is 0 Å². The van der Waals surface area contributed by atoms with E-state index in [0.29, 0.717) is 6.04 Å². The molecule has 1 atom stereocenters. The van der Waals surface area contributed by atoms with Gasteiger partial charge in [-0.25, -0.2) is 0 Å². The lowest BCUT2D eigenvalue weighted by Crippen LogP contribution is -2.21. The van der Waals surface area contributed by atoms with E-state index in [4.69, 9.17) is 17.3 Å². The minimum Gasteiger partial charge on any atom is -0.327 e. The van der Waals surface area contributed by atoms with Crippen LogP contribution in [-0.2, 0) is 5.75 Å². The Morgan fingerprint density at radius 1 is 1.41 bits per heavy atom. The molecule has 2 rings (SSSR count). The third-order valence-corrected chi connectivity index (χ3v) is 5.74. The van der Waals surface area contributed by atoms with Crippen LogP contribution in [0.15, 0.2) is 24.3 Å². The normalized spacial score (nSPS) is 13.1. The Labute approximate surface area is 115 Å². The second kappa shape index (κ2) is 6.10. The molecule has 1 heterocycles. The maximum atomic E-state index is 6.37. The number of hydrogen-bond donors (Lipinski definition) is 1. The summed E-state index contributed by atoms with van der Waals surface area (Å²) < 4.78 is 1.27. The number of hydrogen-bond acceptors (Lipinski definition) is 3. The SMILES string of the molecule is CCC(N)CSCc1sc2ccccc2c1Cl. The maximum Gasteiger partial charge on any atom is 0.0632 e. The molecule has 0 bridgehead atoms. The molecule has 2 aromatic rings. The van der Waals surface area contributed by atoms with Gasteiger partial charge < -0.3 is 5.73 Å². The van der Waals surface area contributed by atoms with E-state index in [-0.39, 0.29) is 0 Å². The lowest BCUT2D eigenvalue weighted by atomic mass is 10.2. The second-order valence-electron chi connectivity index (χ2n) is 4.02. The molecule has 0 amide bonds. The topological polar surface area (TPSA) is 26.0 Å². The highest BCUT2D eigenvalue weighted by atomic mass is 35.5. The minimum atomic E-state index is 0.299. The van der Waals surface area contributed by atoms with Crippen molar-refractivity contribution in [3.05, 3.63) is 34.2 Å². The van der Waals surface area contributed by atoms with E-state index < -0.39 is 0 Å². The van der Waals surface area contributed by atoms with Crippen molar-refractivity contribution in [2.75, 3.05) is 5.75 Å². The van der Waals surface area contributed by atoms with Crippen LogP contribution in [-0.4, -0.2) is 11.8 Å². The fraction of sp³-hybridized carbons (Fsp3) is 0.385. The van der Waals surface area contributed by atoms with E-state index in [9.17, 15) is 0 Å². The van der Waals surface area contributed by atoms with Crippen molar-refractivity contribution in [2.24, 2.45) is 5.73 Å². The van der Waals surface area contributed by atoms with E-state index in [1.54, 1.807) is 11.3 Å². The molecule has 0 radical (unpaired) electrons. The van der Waals surface area contributed by atoms with Gasteiger partial charge in [-0.3, -0.25) is 0 Å². The molecule has 17 heavy (non-hydrogen) atoms. The van der Waals surface area contributed by atoms with Gasteiger partial charge in [0.05, 0.1) is 5.02 Å². The van der Waals surface area contributed by atoms with Gasteiger partial charge in [0, 0.05) is 32.5 Å². The van der Waals surface area contributed by atoms with Crippen LogP contribution in [0.1, 0.15) is 18.2 Å². The Morgan fingerprint density at radius 2 is 2.18 bits per heavy atom. The van der Waals surface area contributed by atoms with Gasteiger partial charge in [-0.05, 0) is 12.5 Å². The first kappa shape index (κ1) is 13.2. The van der Waals surface area contributed by atoms with Gasteiger partial charge in [0.15, 0.2) is 0 Å².